The van der Waals surface area contributed by atoms with Crippen molar-refractivity contribution >= 4 is 22.5 Å². The molecule has 0 saturated carbocycles. The molecule has 2 aromatic carbocycles. The Bertz CT molecular complexity index is 976. The number of nitrogens with zero attached hydrogens (tertiary/aromatic N) is 3. The fourth-order valence-corrected chi connectivity index (χ4v) is 3.33. The molecule has 3 aromatic rings. The summed E-state index contributed by atoms with van der Waals surface area (Å²) in [6.07, 6.45) is 0.116. The van der Waals surface area contributed by atoms with Crippen molar-refractivity contribution in [2.24, 2.45) is 0 Å². The molecule has 1 fully saturated rings. The van der Waals surface area contributed by atoms with Gasteiger partial charge in [-0.3, -0.25) is 9.59 Å². The lowest BCUT2D eigenvalue weighted by molar-refractivity contribution is -0.130. The van der Waals surface area contributed by atoms with Gasteiger partial charge in [0.15, 0.2) is 0 Å². The van der Waals surface area contributed by atoms with E-state index in [1.807, 2.05) is 29.2 Å². The van der Waals surface area contributed by atoms with E-state index in [1.54, 1.807) is 18.2 Å². The molecule has 0 aliphatic carbocycles. The van der Waals surface area contributed by atoms with Gasteiger partial charge >= 0.3 is 0 Å². The van der Waals surface area contributed by atoms with E-state index in [1.165, 1.54) is 5.69 Å². The third-order valence-electron chi connectivity index (χ3n) is 4.73. The number of rotatable bonds is 3. The summed E-state index contributed by atoms with van der Waals surface area (Å²) in [4.78, 5) is 36.0. The highest BCUT2D eigenvalue weighted by molar-refractivity contribution is 5.80. The largest absolute Gasteiger partial charge is 0.368 e. The fourth-order valence-electron chi connectivity index (χ4n) is 3.33. The second-order valence-corrected chi connectivity index (χ2v) is 6.41. The first-order chi connectivity index (χ1) is 12.7. The summed E-state index contributed by atoms with van der Waals surface area (Å²) < 4.78 is 0. The minimum Gasteiger partial charge on any atom is -0.368 e. The molecule has 0 atom stereocenters. The highest BCUT2D eigenvalue weighted by Gasteiger charge is 2.22. The Morgan fingerprint density at radius 1 is 0.962 bits per heavy atom. The van der Waals surface area contributed by atoms with Gasteiger partial charge in [0.25, 0.3) is 5.56 Å². The minimum absolute atomic E-state index is 0.00357. The number of hydrogen-bond donors (Lipinski definition) is 1. The molecule has 0 spiro atoms. The van der Waals surface area contributed by atoms with Crippen LogP contribution in [0.3, 0.4) is 0 Å². The van der Waals surface area contributed by atoms with Gasteiger partial charge in [0.1, 0.15) is 5.82 Å². The van der Waals surface area contributed by atoms with Crippen molar-refractivity contribution in [2.75, 3.05) is 31.1 Å². The third kappa shape index (κ3) is 3.31. The van der Waals surface area contributed by atoms with Crippen molar-refractivity contribution in [2.45, 2.75) is 6.42 Å². The summed E-state index contributed by atoms with van der Waals surface area (Å²) in [7, 11) is 0. The summed E-state index contributed by atoms with van der Waals surface area (Å²) in [5, 5.41) is 0.542. The van der Waals surface area contributed by atoms with Gasteiger partial charge in [-0.25, -0.2) is 4.98 Å². The van der Waals surface area contributed by atoms with E-state index in [-0.39, 0.29) is 17.9 Å². The van der Waals surface area contributed by atoms with E-state index in [4.69, 9.17) is 0 Å². The lowest BCUT2D eigenvalue weighted by Gasteiger charge is -2.36. The van der Waals surface area contributed by atoms with Crippen LogP contribution in [-0.2, 0) is 11.2 Å². The summed E-state index contributed by atoms with van der Waals surface area (Å²) in [5.74, 6) is 0.417. The molecule has 0 unspecified atom stereocenters. The molecular weight excluding hydrogens is 328 g/mol. The van der Waals surface area contributed by atoms with Crippen molar-refractivity contribution < 1.29 is 4.79 Å². The maximum absolute atomic E-state index is 12.6. The van der Waals surface area contributed by atoms with Crippen LogP contribution in [0.4, 0.5) is 5.69 Å². The number of fused-ring (bicyclic) bond motifs is 1. The van der Waals surface area contributed by atoms with Crippen LogP contribution < -0.4 is 10.5 Å². The zero-order valence-corrected chi connectivity index (χ0v) is 14.4. The Balaban J connectivity index is 1.42. The number of carbonyl (C=O) groups excluding carboxylic acids is 1. The predicted octanol–water partition coefficient (Wildman–Crippen LogP) is 1.81. The molecule has 132 valence electrons. The van der Waals surface area contributed by atoms with E-state index < -0.39 is 0 Å². The van der Waals surface area contributed by atoms with Gasteiger partial charge in [-0.2, -0.15) is 0 Å². The minimum atomic E-state index is -0.202. The van der Waals surface area contributed by atoms with Crippen molar-refractivity contribution in [3.05, 3.63) is 70.8 Å². The van der Waals surface area contributed by atoms with Crippen molar-refractivity contribution in [1.29, 1.82) is 0 Å². The van der Waals surface area contributed by atoms with Gasteiger partial charge in [0, 0.05) is 31.9 Å². The summed E-state index contributed by atoms with van der Waals surface area (Å²) in [6.45, 7) is 2.95. The molecule has 1 amide bonds. The molecule has 26 heavy (non-hydrogen) atoms. The summed E-state index contributed by atoms with van der Waals surface area (Å²) >= 11 is 0. The maximum atomic E-state index is 12.6. The van der Waals surface area contributed by atoms with Gasteiger partial charge in [-0.15, -0.1) is 0 Å². The first kappa shape index (κ1) is 16.3. The van der Waals surface area contributed by atoms with E-state index >= 15 is 0 Å². The molecule has 2 heterocycles. The number of aromatic nitrogens is 2. The number of carbonyl (C=O) groups is 1. The number of benzene rings is 2. The average Bonchev–Trinajstić information content (AvgIpc) is 2.69. The molecular formula is C20H20N4O2. The molecule has 1 saturated heterocycles. The predicted molar refractivity (Wildman–Crippen MR) is 101 cm³/mol. The zero-order valence-electron chi connectivity index (χ0n) is 14.4. The molecule has 1 N–H and O–H groups in total. The Hall–Kier alpha value is -3.15. The topological polar surface area (TPSA) is 69.3 Å². The first-order valence-corrected chi connectivity index (χ1v) is 8.76. The van der Waals surface area contributed by atoms with Gasteiger partial charge in [-0.1, -0.05) is 30.3 Å². The number of nitrogens with one attached hydrogen (secondary N) is 1. The fraction of sp³-hybridized carbons (Fsp3) is 0.250. The second kappa shape index (κ2) is 7.00. The van der Waals surface area contributed by atoms with Crippen LogP contribution in [0, 0.1) is 0 Å². The Labute approximate surface area is 151 Å². The molecule has 1 aromatic heterocycles. The maximum Gasteiger partial charge on any atom is 0.258 e. The standard InChI is InChI=1S/C20H20N4O2/c25-19(14-18-21-17-9-5-4-8-16(17)20(26)22-18)24-12-10-23(11-13-24)15-6-2-1-3-7-15/h1-9H,10-14H2,(H,21,22,26). The van der Waals surface area contributed by atoms with E-state index in [0.29, 0.717) is 29.8 Å². The van der Waals surface area contributed by atoms with Crippen LogP contribution >= 0.6 is 0 Å². The number of para-hydroxylation sites is 2. The highest BCUT2D eigenvalue weighted by atomic mass is 16.2. The van der Waals surface area contributed by atoms with Crippen LogP contribution in [0.5, 0.6) is 0 Å². The van der Waals surface area contributed by atoms with Crippen molar-refractivity contribution in [1.82, 2.24) is 14.9 Å². The molecule has 0 radical (unpaired) electrons. The second-order valence-electron chi connectivity index (χ2n) is 6.41. The average molecular weight is 348 g/mol. The number of anilines is 1. The van der Waals surface area contributed by atoms with Crippen LogP contribution in [0.25, 0.3) is 10.9 Å². The first-order valence-electron chi connectivity index (χ1n) is 8.76. The Morgan fingerprint density at radius 2 is 1.65 bits per heavy atom. The lowest BCUT2D eigenvalue weighted by Crippen LogP contribution is -2.49. The third-order valence-corrected chi connectivity index (χ3v) is 4.73. The van der Waals surface area contributed by atoms with Crippen molar-refractivity contribution in [3.63, 3.8) is 0 Å². The summed E-state index contributed by atoms with van der Waals surface area (Å²) in [5.41, 5.74) is 1.60. The van der Waals surface area contributed by atoms with Gasteiger partial charge in [0.05, 0.1) is 17.3 Å². The van der Waals surface area contributed by atoms with E-state index in [2.05, 4.69) is 27.0 Å². The number of amides is 1. The van der Waals surface area contributed by atoms with Crippen LogP contribution in [0.1, 0.15) is 5.82 Å². The molecule has 0 bridgehead atoms. The Morgan fingerprint density at radius 3 is 2.42 bits per heavy atom. The number of piperazine rings is 1. The number of aromatic amines is 1. The van der Waals surface area contributed by atoms with Crippen LogP contribution in [0.2, 0.25) is 0 Å². The van der Waals surface area contributed by atoms with E-state index in [0.717, 1.165) is 13.1 Å². The molecule has 6 nitrogen and oxygen atoms in total. The SMILES string of the molecule is O=C(Cc1nc2ccccc2c(=O)[nH]1)N1CCN(c2ccccc2)CC1. The molecule has 6 heteroatoms. The van der Waals surface area contributed by atoms with E-state index in [9.17, 15) is 9.59 Å². The molecule has 4 rings (SSSR count). The quantitative estimate of drug-likeness (QED) is 0.784. The zero-order chi connectivity index (χ0) is 17.9. The monoisotopic (exact) mass is 348 g/mol. The van der Waals surface area contributed by atoms with Gasteiger partial charge < -0.3 is 14.8 Å². The normalized spacial score (nSPS) is 14.6. The summed E-state index contributed by atoms with van der Waals surface area (Å²) in [6, 6.07) is 17.4. The molecule has 1 aliphatic rings. The number of hydrogen-bond acceptors (Lipinski definition) is 4. The highest BCUT2D eigenvalue weighted by Crippen LogP contribution is 2.16. The van der Waals surface area contributed by atoms with Crippen molar-refractivity contribution in [3.8, 4) is 0 Å². The van der Waals surface area contributed by atoms with Gasteiger partial charge in [0.2, 0.25) is 5.91 Å². The number of H-pyrrole nitrogens is 1. The molecule has 1 aliphatic heterocycles. The van der Waals surface area contributed by atoms with Crippen LogP contribution in [0.15, 0.2) is 59.4 Å². The van der Waals surface area contributed by atoms with Gasteiger partial charge in [-0.05, 0) is 24.3 Å². The lowest BCUT2D eigenvalue weighted by atomic mass is 10.2. The Kier molecular flexibility index (Phi) is 4.39. The smallest absolute Gasteiger partial charge is 0.258 e. The van der Waals surface area contributed by atoms with Crippen LogP contribution in [-0.4, -0.2) is 47.0 Å².